The molecule has 3 rings (SSSR count). The van der Waals surface area contributed by atoms with Crippen LogP contribution in [0.15, 0.2) is 23.2 Å². The maximum Gasteiger partial charge on any atom is 0.193 e. The number of aliphatic imine (C=N–C) groups is 1. The Kier molecular flexibility index (Phi) is 8.19. The fraction of sp³-hybridized carbons (Fsp3) is 0.696. The van der Waals surface area contributed by atoms with Gasteiger partial charge in [0.1, 0.15) is 0 Å². The zero-order chi connectivity index (χ0) is 20.6. The maximum atomic E-state index is 5.20. The van der Waals surface area contributed by atoms with Crippen molar-refractivity contribution in [3.63, 3.8) is 0 Å². The van der Waals surface area contributed by atoms with Gasteiger partial charge in [-0.1, -0.05) is 12.1 Å². The number of anilines is 1. The van der Waals surface area contributed by atoms with Crippen LogP contribution < -0.4 is 10.2 Å². The van der Waals surface area contributed by atoms with Gasteiger partial charge in [0.2, 0.25) is 0 Å². The van der Waals surface area contributed by atoms with Crippen LogP contribution in [0.3, 0.4) is 0 Å². The van der Waals surface area contributed by atoms with E-state index in [0.717, 1.165) is 57.8 Å². The predicted molar refractivity (Wildman–Crippen MR) is 122 cm³/mol. The van der Waals surface area contributed by atoms with Crippen molar-refractivity contribution in [3.05, 3.63) is 29.3 Å². The highest BCUT2D eigenvalue weighted by Gasteiger charge is 2.23. The third-order valence-electron chi connectivity index (χ3n) is 6.58. The van der Waals surface area contributed by atoms with E-state index in [-0.39, 0.29) is 0 Å². The first-order chi connectivity index (χ1) is 14.1. The average Bonchev–Trinajstić information content (AvgIpc) is 2.76. The fourth-order valence-corrected chi connectivity index (χ4v) is 4.44. The normalized spacial score (nSPS) is 19.7. The van der Waals surface area contributed by atoms with Crippen molar-refractivity contribution in [2.75, 3.05) is 78.0 Å². The van der Waals surface area contributed by atoms with Gasteiger partial charge >= 0.3 is 0 Å². The number of piperidine rings is 1. The van der Waals surface area contributed by atoms with Crippen LogP contribution in [0.4, 0.5) is 5.69 Å². The highest BCUT2D eigenvalue weighted by Crippen LogP contribution is 2.24. The Labute approximate surface area is 176 Å². The molecule has 2 aliphatic rings. The van der Waals surface area contributed by atoms with Crippen LogP contribution in [-0.4, -0.2) is 88.9 Å². The molecule has 6 heteroatoms. The lowest BCUT2D eigenvalue weighted by Crippen LogP contribution is -2.53. The van der Waals surface area contributed by atoms with Gasteiger partial charge in [-0.3, -0.25) is 4.99 Å². The number of hydrogen-bond acceptors (Lipinski definition) is 4. The van der Waals surface area contributed by atoms with Gasteiger partial charge in [-0.15, -0.1) is 0 Å². The summed E-state index contributed by atoms with van der Waals surface area (Å²) >= 11 is 0. The number of rotatable bonds is 6. The molecule has 2 saturated heterocycles. The Hall–Kier alpha value is -1.79. The largest absolute Gasteiger partial charge is 0.383 e. The molecule has 0 spiro atoms. The summed E-state index contributed by atoms with van der Waals surface area (Å²) in [7, 11) is 3.69. The van der Waals surface area contributed by atoms with Crippen molar-refractivity contribution >= 4 is 11.6 Å². The van der Waals surface area contributed by atoms with Gasteiger partial charge in [-0.05, 0) is 62.9 Å². The van der Waals surface area contributed by atoms with E-state index in [1.54, 1.807) is 7.11 Å². The monoisotopic (exact) mass is 401 g/mol. The summed E-state index contributed by atoms with van der Waals surface area (Å²) in [5.41, 5.74) is 4.16. The molecule has 0 radical (unpaired) electrons. The molecule has 0 aromatic heterocycles. The molecule has 1 aromatic rings. The second-order valence-corrected chi connectivity index (χ2v) is 8.40. The minimum atomic E-state index is 0.738. The molecule has 0 bridgehead atoms. The number of piperazine rings is 1. The molecule has 0 unspecified atom stereocenters. The molecule has 162 valence electrons. The Morgan fingerprint density at radius 3 is 2.48 bits per heavy atom. The van der Waals surface area contributed by atoms with E-state index >= 15 is 0 Å². The third-order valence-corrected chi connectivity index (χ3v) is 6.58. The smallest absolute Gasteiger partial charge is 0.193 e. The fourth-order valence-electron chi connectivity index (χ4n) is 4.44. The quantitative estimate of drug-likeness (QED) is 0.586. The van der Waals surface area contributed by atoms with Crippen LogP contribution in [0, 0.1) is 19.8 Å². The Bertz CT molecular complexity index is 661. The molecule has 0 aliphatic carbocycles. The van der Waals surface area contributed by atoms with E-state index in [2.05, 4.69) is 57.1 Å². The maximum absolute atomic E-state index is 5.20. The molecule has 2 heterocycles. The lowest BCUT2D eigenvalue weighted by molar-refractivity contribution is 0.120. The summed E-state index contributed by atoms with van der Waals surface area (Å²) in [6, 6.07) is 6.62. The van der Waals surface area contributed by atoms with Gasteiger partial charge in [0, 0.05) is 59.1 Å². The van der Waals surface area contributed by atoms with E-state index in [0.29, 0.717) is 0 Å². The molecule has 1 N–H and O–H groups in total. The molecule has 29 heavy (non-hydrogen) atoms. The topological polar surface area (TPSA) is 43.3 Å². The van der Waals surface area contributed by atoms with Crippen molar-refractivity contribution < 1.29 is 4.74 Å². The first kappa shape index (κ1) is 21.9. The van der Waals surface area contributed by atoms with Crippen LogP contribution in [0.5, 0.6) is 0 Å². The Balaban J connectivity index is 1.43. The average molecular weight is 402 g/mol. The number of likely N-dealkylation sites (tertiary alicyclic amines) is 1. The number of aryl methyl sites for hydroxylation is 1. The number of methoxy groups -OCH3 is 1. The summed E-state index contributed by atoms with van der Waals surface area (Å²) in [5.74, 6) is 1.80. The lowest BCUT2D eigenvalue weighted by Gasteiger charge is -2.39. The molecule has 0 amide bonds. The van der Waals surface area contributed by atoms with Gasteiger partial charge in [0.05, 0.1) is 6.61 Å². The molecule has 0 saturated carbocycles. The first-order valence-electron chi connectivity index (χ1n) is 11.1. The van der Waals surface area contributed by atoms with Gasteiger partial charge in [0.15, 0.2) is 5.96 Å². The summed E-state index contributed by atoms with van der Waals surface area (Å²) in [6.45, 7) is 13.8. The zero-order valence-corrected chi connectivity index (χ0v) is 18.8. The van der Waals surface area contributed by atoms with Gasteiger partial charge < -0.3 is 24.8 Å². The van der Waals surface area contributed by atoms with Crippen molar-refractivity contribution in [3.8, 4) is 0 Å². The van der Waals surface area contributed by atoms with E-state index < -0.39 is 0 Å². The van der Waals surface area contributed by atoms with Crippen molar-refractivity contribution in [1.29, 1.82) is 0 Å². The summed E-state index contributed by atoms with van der Waals surface area (Å²) in [6.07, 6.45) is 2.52. The van der Waals surface area contributed by atoms with Crippen molar-refractivity contribution in [2.24, 2.45) is 10.9 Å². The standard InChI is InChI=1S/C23H39N5O/c1-19-6-5-7-22(20(19)2)27-12-14-28(15-13-27)23(24-3)25-18-21-8-10-26(11-9-21)16-17-29-4/h5-7,21H,8-18H2,1-4H3,(H,24,25). The second-order valence-electron chi connectivity index (χ2n) is 8.40. The molecule has 6 nitrogen and oxygen atoms in total. The number of guanidine groups is 1. The van der Waals surface area contributed by atoms with Gasteiger partial charge in [-0.25, -0.2) is 0 Å². The molecular weight excluding hydrogens is 362 g/mol. The molecule has 2 fully saturated rings. The number of nitrogens with zero attached hydrogens (tertiary/aromatic N) is 4. The summed E-state index contributed by atoms with van der Waals surface area (Å²) in [4.78, 5) is 12.0. The zero-order valence-electron chi connectivity index (χ0n) is 18.8. The number of benzene rings is 1. The van der Waals surface area contributed by atoms with Crippen LogP contribution in [0.1, 0.15) is 24.0 Å². The van der Waals surface area contributed by atoms with E-state index in [4.69, 9.17) is 4.74 Å². The molecule has 1 aromatic carbocycles. The first-order valence-corrected chi connectivity index (χ1v) is 11.1. The van der Waals surface area contributed by atoms with E-state index in [1.165, 1.54) is 42.7 Å². The minimum Gasteiger partial charge on any atom is -0.383 e. The van der Waals surface area contributed by atoms with Crippen LogP contribution >= 0.6 is 0 Å². The number of ether oxygens (including phenoxy) is 1. The molecular formula is C23H39N5O. The van der Waals surface area contributed by atoms with Crippen LogP contribution in [0.2, 0.25) is 0 Å². The predicted octanol–water partition coefficient (Wildman–Crippen LogP) is 2.36. The third kappa shape index (κ3) is 5.86. The Morgan fingerprint density at radius 2 is 1.83 bits per heavy atom. The van der Waals surface area contributed by atoms with E-state index in [9.17, 15) is 0 Å². The Morgan fingerprint density at radius 1 is 1.10 bits per heavy atom. The summed E-state index contributed by atoms with van der Waals surface area (Å²) < 4.78 is 5.20. The highest BCUT2D eigenvalue weighted by molar-refractivity contribution is 5.80. The molecule has 0 atom stereocenters. The molecule has 2 aliphatic heterocycles. The highest BCUT2D eigenvalue weighted by atomic mass is 16.5. The van der Waals surface area contributed by atoms with Gasteiger partial charge in [0.25, 0.3) is 0 Å². The van der Waals surface area contributed by atoms with Crippen molar-refractivity contribution in [1.82, 2.24) is 15.1 Å². The summed E-state index contributed by atoms with van der Waals surface area (Å²) in [5, 5.41) is 3.66. The lowest BCUT2D eigenvalue weighted by atomic mass is 9.97. The second kappa shape index (κ2) is 10.8. The van der Waals surface area contributed by atoms with Crippen molar-refractivity contribution in [2.45, 2.75) is 26.7 Å². The number of nitrogens with one attached hydrogen (secondary N) is 1. The number of hydrogen-bond donors (Lipinski definition) is 1. The van der Waals surface area contributed by atoms with Crippen LogP contribution in [0.25, 0.3) is 0 Å². The van der Waals surface area contributed by atoms with Gasteiger partial charge in [-0.2, -0.15) is 0 Å². The van der Waals surface area contributed by atoms with Crippen LogP contribution in [-0.2, 0) is 4.74 Å². The van der Waals surface area contributed by atoms with E-state index in [1.807, 2.05) is 7.05 Å². The minimum absolute atomic E-state index is 0.738. The SMILES string of the molecule is CN=C(NCC1CCN(CCOC)CC1)N1CCN(c2cccc(C)c2C)CC1.